The maximum absolute atomic E-state index is 12.8. The highest BCUT2D eigenvalue weighted by Gasteiger charge is 2.41. The number of ketones is 1. The Balaban J connectivity index is 1.70. The van der Waals surface area contributed by atoms with E-state index in [4.69, 9.17) is 35.3 Å². The molecule has 2 aromatic rings. The van der Waals surface area contributed by atoms with Crippen LogP contribution >= 0.6 is 11.6 Å². The third kappa shape index (κ3) is 4.58. The van der Waals surface area contributed by atoms with Gasteiger partial charge in [0.05, 0.1) is 25.8 Å². The number of methoxy groups -OCH3 is 2. The van der Waals surface area contributed by atoms with Gasteiger partial charge in [0.1, 0.15) is 0 Å². The van der Waals surface area contributed by atoms with E-state index in [2.05, 4.69) is 5.32 Å². The number of ether oxygens (including phenoxy) is 5. The Hall–Kier alpha value is -3.72. The van der Waals surface area contributed by atoms with Crippen molar-refractivity contribution in [2.45, 2.75) is 18.1 Å². The summed E-state index contributed by atoms with van der Waals surface area (Å²) in [7, 11) is 2.68. The molecular formula is C23H20ClNO8. The average molecular weight is 474 g/mol. The van der Waals surface area contributed by atoms with Gasteiger partial charge in [0.2, 0.25) is 12.5 Å². The maximum atomic E-state index is 12.8. The molecule has 9 nitrogen and oxygen atoms in total. The molecule has 1 aliphatic heterocycles. The van der Waals surface area contributed by atoms with E-state index in [1.165, 1.54) is 32.4 Å². The van der Waals surface area contributed by atoms with Crippen LogP contribution in [0.1, 0.15) is 21.8 Å². The van der Waals surface area contributed by atoms with Crippen LogP contribution in [0.5, 0.6) is 17.2 Å². The minimum atomic E-state index is -1.32. The summed E-state index contributed by atoms with van der Waals surface area (Å²) >= 11 is 5.96. The zero-order valence-corrected chi connectivity index (χ0v) is 18.5. The largest absolute Gasteiger partial charge is 0.493 e. The van der Waals surface area contributed by atoms with E-state index in [1.54, 1.807) is 30.3 Å². The molecule has 1 aliphatic carbocycles. The highest BCUT2D eigenvalue weighted by atomic mass is 35.5. The second-order valence-electron chi connectivity index (χ2n) is 7.24. The summed E-state index contributed by atoms with van der Waals surface area (Å²) in [6.07, 6.45) is 0.822. The van der Waals surface area contributed by atoms with Crippen LogP contribution in [-0.2, 0) is 14.3 Å². The zero-order chi connectivity index (χ0) is 23.5. The van der Waals surface area contributed by atoms with Gasteiger partial charge in [-0.25, -0.2) is 9.59 Å². The predicted molar refractivity (Wildman–Crippen MR) is 116 cm³/mol. The van der Waals surface area contributed by atoms with Crippen LogP contribution in [0.15, 0.2) is 48.6 Å². The molecule has 10 heteroatoms. The summed E-state index contributed by atoms with van der Waals surface area (Å²) in [6.45, 7) is 0.0395. The van der Waals surface area contributed by atoms with Crippen molar-refractivity contribution in [3.63, 3.8) is 0 Å². The van der Waals surface area contributed by atoms with E-state index in [-0.39, 0.29) is 12.4 Å². The minimum absolute atomic E-state index is 0.0395. The number of carbonyl (C=O) groups is 3. The molecule has 3 atom stereocenters. The molecule has 0 saturated carbocycles. The van der Waals surface area contributed by atoms with E-state index in [9.17, 15) is 14.4 Å². The van der Waals surface area contributed by atoms with Crippen LogP contribution in [-0.4, -0.2) is 51.0 Å². The van der Waals surface area contributed by atoms with Gasteiger partial charge in [-0.2, -0.15) is 0 Å². The molecule has 0 radical (unpaired) electrons. The fraction of sp³-hybridized carbons (Fsp3) is 0.261. The quantitative estimate of drug-likeness (QED) is 0.659. The predicted octanol–water partition coefficient (Wildman–Crippen LogP) is 3.25. The number of esters is 1. The van der Waals surface area contributed by atoms with Crippen molar-refractivity contribution in [1.82, 2.24) is 5.32 Å². The summed E-state index contributed by atoms with van der Waals surface area (Å²) in [6, 6.07) is 8.60. The molecule has 0 aromatic heterocycles. The smallest absolute Gasteiger partial charge is 0.407 e. The number of benzene rings is 2. The molecule has 0 fully saturated rings. The second kappa shape index (κ2) is 9.41. The fourth-order valence-corrected chi connectivity index (χ4v) is 3.92. The van der Waals surface area contributed by atoms with Crippen LogP contribution in [0.3, 0.4) is 0 Å². The molecule has 0 bridgehead atoms. The van der Waals surface area contributed by atoms with Gasteiger partial charge in [0.25, 0.3) is 0 Å². The van der Waals surface area contributed by atoms with Crippen LogP contribution in [0.25, 0.3) is 0 Å². The normalized spacial score (nSPS) is 20.8. The zero-order valence-electron chi connectivity index (χ0n) is 17.7. The molecule has 1 heterocycles. The molecule has 0 spiro atoms. The van der Waals surface area contributed by atoms with Crippen molar-refractivity contribution in [2.75, 3.05) is 21.0 Å². The number of hydrogen-bond acceptors (Lipinski definition) is 8. The van der Waals surface area contributed by atoms with Gasteiger partial charge in [0.15, 0.2) is 23.4 Å². The van der Waals surface area contributed by atoms with E-state index < -0.39 is 35.9 Å². The first-order valence-corrected chi connectivity index (χ1v) is 10.3. The molecular weight excluding hydrogens is 454 g/mol. The Bertz CT molecular complexity index is 1130. The van der Waals surface area contributed by atoms with Crippen LogP contribution < -0.4 is 19.5 Å². The first-order chi connectivity index (χ1) is 15.9. The number of halogens is 1. The summed E-state index contributed by atoms with van der Waals surface area (Å²) in [5, 5.41) is 2.96. The fourth-order valence-electron chi connectivity index (χ4n) is 3.73. The van der Waals surface area contributed by atoms with Gasteiger partial charge in [-0.3, -0.25) is 4.79 Å². The number of amides is 1. The van der Waals surface area contributed by atoms with Crippen LogP contribution in [0.4, 0.5) is 4.79 Å². The highest BCUT2D eigenvalue weighted by Crippen LogP contribution is 2.44. The van der Waals surface area contributed by atoms with Crippen molar-refractivity contribution in [2.24, 2.45) is 0 Å². The van der Waals surface area contributed by atoms with E-state index in [0.29, 0.717) is 27.8 Å². The number of fused-ring (bicyclic) bond motifs is 1. The third-order valence-corrected chi connectivity index (χ3v) is 5.53. The summed E-state index contributed by atoms with van der Waals surface area (Å²) in [4.78, 5) is 37.6. The lowest BCUT2D eigenvalue weighted by Gasteiger charge is -2.34. The van der Waals surface area contributed by atoms with Crippen molar-refractivity contribution in [1.29, 1.82) is 0 Å². The summed E-state index contributed by atoms with van der Waals surface area (Å²) < 4.78 is 26.6. The van der Waals surface area contributed by atoms with Crippen molar-refractivity contribution in [3.8, 4) is 17.2 Å². The molecule has 0 saturated heterocycles. The Morgan fingerprint density at radius 3 is 2.70 bits per heavy atom. The molecule has 1 N–H and O–H groups in total. The first kappa shape index (κ1) is 22.5. The lowest BCUT2D eigenvalue weighted by Crippen LogP contribution is -2.53. The number of nitrogens with one attached hydrogen (secondary N) is 1. The number of rotatable bonds is 5. The van der Waals surface area contributed by atoms with Gasteiger partial charge in [-0.1, -0.05) is 23.7 Å². The van der Waals surface area contributed by atoms with E-state index in [1.807, 2.05) is 0 Å². The first-order valence-electron chi connectivity index (χ1n) is 9.92. The summed E-state index contributed by atoms with van der Waals surface area (Å²) in [5.74, 6) is -0.491. The SMILES string of the molecule is COC(=O)N[C@H]1[C@H](OC(=O)c2cccc(Cl)c2)C(=O)C=C[C@@H]1c1cc(OC)c2c(c1)OCO2. The van der Waals surface area contributed by atoms with E-state index >= 15 is 0 Å². The molecule has 33 heavy (non-hydrogen) atoms. The second-order valence-corrected chi connectivity index (χ2v) is 7.68. The van der Waals surface area contributed by atoms with Gasteiger partial charge in [-0.15, -0.1) is 0 Å². The monoisotopic (exact) mass is 473 g/mol. The number of alkyl carbamates (subject to hydrolysis) is 1. The van der Waals surface area contributed by atoms with Gasteiger partial charge < -0.3 is 29.0 Å². The average Bonchev–Trinajstić information content (AvgIpc) is 3.29. The van der Waals surface area contributed by atoms with Crippen LogP contribution in [0.2, 0.25) is 5.02 Å². The highest BCUT2D eigenvalue weighted by molar-refractivity contribution is 6.30. The Morgan fingerprint density at radius 2 is 1.97 bits per heavy atom. The lowest BCUT2D eigenvalue weighted by molar-refractivity contribution is -0.125. The standard InChI is InChI=1S/C23H20ClNO8/c1-29-17-9-13(10-18-21(17)32-11-31-18)15-6-7-16(26)20(19(15)25-23(28)30-2)33-22(27)12-4-3-5-14(24)8-12/h3-10,15,19-20H,11H2,1-2H3,(H,25,28)/t15-,19-,20-/m1/s1. The molecule has 172 valence electrons. The molecule has 0 unspecified atom stereocenters. The van der Waals surface area contributed by atoms with Gasteiger partial charge >= 0.3 is 12.1 Å². The van der Waals surface area contributed by atoms with Crippen molar-refractivity contribution < 1.29 is 38.1 Å². The summed E-state index contributed by atoms with van der Waals surface area (Å²) in [5.41, 5.74) is 0.813. The van der Waals surface area contributed by atoms with Crippen molar-refractivity contribution in [3.05, 3.63) is 64.7 Å². The maximum Gasteiger partial charge on any atom is 0.407 e. The Morgan fingerprint density at radius 1 is 1.15 bits per heavy atom. The van der Waals surface area contributed by atoms with Gasteiger partial charge in [0, 0.05) is 10.9 Å². The number of hydrogen-bond donors (Lipinski definition) is 1. The number of carbonyl (C=O) groups excluding carboxylic acids is 3. The van der Waals surface area contributed by atoms with Crippen LogP contribution in [0, 0.1) is 0 Å². The minimum Gasteiger partial charge on any atom is -0.493 e. The topological polar surface area (TPSA) is 109 Å². The van der Waals surface area contributed by atoms with Crippen molar-refractivity contribution >= 4 is 29.4 Å². The Kier molecular flexibility index (Phi) is 6.41. The van der Waals surface area contributed by atoms with Gasteiger partial charge in [-0.05, 0) is 42.0 Å². The molecule has 2 aliphatic rings. The lowest BCUT2D eigenvalue weighted by atomic mass is 9.82. The third-order valence-electron chi connectivity index (χ3n) is 5.29. The molecule has 4 rings (SSSR count). The molecule has 1 amide bonds. The molecule has 2 aromatic carbocycles. The van der Waals surface area contributed by atoms with E-state index in [0.717, 1.165) is 0 Å². The Labute approximate surface area is 194 Å².